The molecule has 1 unspecified atom stereocenters. The lowest BCUT2D eigenvalue weighted by atomic mass is 10.2. The summed E-state index contributed by atoms with van der Waals surface area (Å²) in [6.07, 6.45) is -2.02. The van der Waals surface area contributed by atoms with Crippen molar-refractivity contribution < 1.29 is 13.2 Å². The molecule has 0 amide bonds. The van der Waals surface area contributed by atoms with Gasteiger partial charge >= 0.3 is 6.18 Å². The molecule has 1 N–H and O–H groups in total. The van der Waals surface area contributed by atoms with E-state index in [0.717, 1.165) is 0 Å². The SMILES string of the molecule is CC1NCCn2c1nc(-c1cnnnc1)c2C(F)(F)F. The van der Waals surface area contributed by atoms with Gasteiger partial charge in [-0.1, -0.05) is 0 Å². The zero-order valence-electron chi connectivity index (χ0n) is 10.5. The van der Waals surface area contributed by atoms with Crippen LogP contribution in [0.4, 0.5) is 13.2 Å². The zero-order chi connectivity index (χ0) is 14.3. The molecule has 3 rings (SSSR count). The van der Waals surface area contributed by atoms with Crippen LogP contribution in [0.5, 0.6) is 0 Å². The quantitative estimate of drug-likeness (QED) is 0.857. The van der Waals surface area contributed by atoms with Crippen molar-refractivity contribution in [1.29, 1.82) is 0 Å². The molecule has 2 aromatic rings. The van der Waals surface area contributed by atoms with E-state index in [2.05, 4.69) is 25.7 Å². The van der Waals surface area contributed by atoms with Gasteiger partial charge in [0.2, 0.25) is 0 Å². The maximum atomic E-state index is 13.3. The molecule has 0 fully saturated rings. The summed E-state index contributed by atoms with van der Waals surface area (Å²) in [6, 6.07) is -0.235. The Labute approximate surface area is 112 Å². The van der Waals surface area contributed by atoms with Gasteiger partial charge in [-0.2, -0.15) is 13.2 Å². The molecule has 2 aromatic heterocycles. The lowest BCUT2D eigenvalue weighted by Gasteiger charge is -2.23. The summed E-state index contributed by atoms with van der Waals surface area (Å²) in [7, 11) is 0. The van der Waals surface area contributed by atoms with Gasteiger partial charge < -0.3 is 9.88 Å². The van der Waals surface area contributed by atoms with Gasteiger partial charge in [0.05, 0.1) is 18.4 Å². The van der Waals surface area contributed by atoms with Crippen molar-refractivity contribution in [2.75, 3.05) is 6.54 Å². The molecule has 0 spiro atoms. The Morgan fingerprint density at radius 3 is 2.65 bits per heavy atom. The Morgan fingerprint density at radius 1 is 1.30 bits per heavy atom. The molecule has 106 valence electrons. The van der Waals surface area contributed by atoms with Crippen LogP contribution in [-0.4, -0.2) is 31.5 Å². The molecular weight excluding hydrogens is 273 g/mol. The number of imidazole rings is 1. The van der Waals surface area contributed by atoms with Crippen LogP contribution in [-0.2, 0) is 12.7 Å². The lowest BCUT2D eigenvalue weighted by Crippen LogP contribution is -2.33. The van der Waals surface area contributed by atoms with Gasteiger partial charge in [0.15, 0.2) is 5.69 Å². The van der Waals surface area contributed by atoms with Crippen LogP contribution in [0.1, 0.15) is 24.5 Å². The van der Waals surface area contributed by atoms with Crippen molar-refractivity contribution >= 4 is 0 Å². The standard InChI is InChI=1S/C11H11F3N6/c1-6-10-18-8(7-4-16-19-17-5-7)9(11(12,13)14)20(10)3-2-15-6/h4-6,15H,2-3H2,1H3. The molecule has 0 aromatic carbocycles. The number of aromatic nitrogens is 5. The summed E-state index contributed by atoms with van der Waals surface area (Å²) in [4.78, 5) is 4.14. The van der Waals surface area contributed by atoms with E-state index in [9.17, 15) is 13.2 Å². The second kappa shape index (κ2) is 4.51. The topological polar surface area (TPSA) is 68.5 Å². The van der Waals surface area contributed by atoms with Crippen LogP contribution in [0.15, 0.2) is 12.4 Å². The van der Waals surface area contributed by atoms with Gasteiger partial charge in [-0.3, -0.25) is 0 Å². The fourth-order valence-corrected chi connectivity index (χ4v) is 2.36. The molecule has 0 bridgehead atoms. The number of fused-ring (bicyclic) bond motifs is 1. The molecule has 0 saturated heterocycles. The van der Waals surface area contributed by atoms with Gasteiger partial charge in [-0.15, -0.1) is 10.2 Å². The van der Waals surface area contributed by atoms with Crippen molar-refractivity contribution in [3.63, 3.8) is 0 Å². The van der Waals surface area contributed by atoms with Crippen molar-refractivity contribution in [2.24, 2.45) is 0 Å². The van der Waals surface area contributed by atoms with E-state index in [1.54, 1.807) is 6.92 Å². The lowest BCUT2D eigenvalue weighted by molar-refractivity contribution is -0.143. The smallest absolute Gasteiger partial charge is 0.321 e. The minimum Gasteiger partial charge on any atom is -0.321 e. The van der Waals surface area contributed by atoms with Gasteiger partial charge in [0.25, 0.3) is 0 Å². The van der Waals surface area contributed by atoms with Crippen LogP contribution in [0, 0.1) is 0 Å². The molecule has 9 heteroatoms. The summed E-state index contributed by atoms with van der Waals surface area (Å²) in [5.74, 6) is 0.371. The average molecular weight is 284 g/mol. The summed E-state index contributed by atoms with van der Waals surface area (Å²) < 4.78 is 41.3. The number of nitrogens with zero attached hydrogens (tertiary/aromatic N) is 5. The van der Waals surface area contributed by atoms with Crippen molar-refractivity contribution in [3.8, 4) is 11.3 Å². The molecule has 0 radical (unpaired) electrons. The number of halogens is 3. The molecule has 3 heterocycles. The van der Waals surface area contributed by atoms with Crippen LogP contribution in [0.3, 0.4) is 0 Å². The first kappa shape index (κ1) is 13.0. The first-order valence-electron chi connectivity index (χ1n) is 6.03. The number of nitrogens with one attached hydrogen (secondary N) is 1. The molecule has 1 atom stereocenters. The largest absolute Gasteiger partial charge is 0.433 e. The maximum absolute atomic E-state index is 13.3. The van der Waals surface area contributed by atoms with E-state index >= 15 is 0 Å². The highest BCUT2D eigenvalue weighted by atomic mass is 19.4. The summed E-state index contributed by atoms with van der Waals surface area (Å²) in [5.41, 5.74) is -0.692. The van der Waals surface area contributed by atoms with Crippen molar-refractivity contribution in [1.82, 2.24) is 30.3 Å². The average Bonchev–Trinajstić information content (AvgIpc) is 2.80. The first-order chi connectivity index (χ1) is 9.48. The van der Waals surface area contributed by atoms with Gasteiger partial charge in [-0.25, -0.2) is 4.98 Å². The molecule has 1 aliphatic heterocycles. The van der Waals surface area contributed by atoms with E-state index in [4.69, 9.17) is 0 Å². The van der Waals surface area contributed by atoms with Gasteiger partial charge in [-0.05, 0) is 12.1 Å². The van der Waals surface area contributed by atoms with E-state index in [-0.39, 0.29) is 23.8 Å². The van der Waals surface area contributed by atoms with E-state index in [0.29, 0.717) is 12.4 Å². The Balaban J connectivity index is 2.24. The predicted octanol–water partition coefficient (Wildman–Crippen LogP) is 1.42. The molecule has 20 heavy (non-hydrogen) atoms. The highest BCUT2D eigenvalue weighted by Gasteiger charge is 2.41. The van der Waals surface area contributed by atoms with Crippen molar-refractivity contribution in [2.45, 2.75) is 25.7 Å². The minimum absolute atomic E-state index is 0.148. The fraction of sp³-hybridized carbons (Fsp3) is 0.455. The Morgan fingerprint density at radius 2 is 2.00 bits per heavy atom. The minimum atomic E-state index is -4.49. The van der Waals surface area contributed by atoms with Crippen LogP contribution in [0.25, 0.3) is 11.3 Å². The molecule has 0 saturated carbocycles. The Kier molecular flexibility index (Phi) is 2.93. The van der Waals surface area contributed by atoms with Gasteiger partial charge in [0, 0.05) is 18.7 Å². The van der Waals surface area contributed by atoms with Crippen LogP contribution < -0.4 is 5.32 Å². The van der Waals surface area contributed by atoms with E-state index < -0.39 is 11.9 Å². The fourth-order valence-electron chi connectivity index (χ4n) is 2.36. The number of rotatable bonds is 1. The maximum Gasteiger partial charge on any atom is 0.433 e. The highest BCUT2D eigenvalue weighted by molar-refractivity contribution is 5.61. The van der Waals surface area contributed by atoms with Crippen LogP contribution in [0.2, 0.25) is 0 Å². The molecule has 6 nitrogen and oxygen atoms in total. The van der Waals surface area contributed by atoms with Crippen LogP contribution >= 0.6 is 0 Å². The Hall–Kier alpha value is -2.03. The molecule has 0 aliphatic carbocycles. The third-order valence-corrected chi connectivity index (χ3v) is 3.21. The van der Waals surface area contributed by atoms with E-state index in [1.807, 2.05) is 0 Å². The molecule has 1 aliphatic rings. The number of alkyl halides is 3. The monoisotopic (exact) mass is 284 g/mol. The zero-order valence-corrected chi connectivity index (χ0v) is 10.5. The third kappa shape index (κ3) is 2.03. The number of hydrogen-bond acceptors (Lipinski definition) is 5. The summed E-state index contributed by atoms with van der Waals surface area (Å²) in [5, 5.41) is 13.5. The second-order valence-electron chi connectivity index (χ2n) is 4.53. The van der Waals surface area contributed by atoms with E-state index in [1.165, 1.54) is 17.0 Å². The first-order valence-corrected chi connectivity index (χ1v) is 6.03. The molecular formula is C11H11F3N6. The number of hydrogen-bond donors (Lipinski definition) is 1. The predicted molar refractivity (Wildman–Crippen MR) is 62.5 cm³/mol. The summed E-state index contributed by atoms with van der Waals surface area (Å²) in [6.45, 7) is 2.48. The normalized spacial score (nSPS) is 18.9. The van der Waals surface area contributed by atoms with Gasteiger partial charge in [0.1, 0.15) is 11.5 Å². The highest BCUT2D eigenvalue weighted by Crippen LogP contribution is 2.38. The Bertz CT molecular complexity index is 621. The third-order valence-electron chi connectivity index (χ3n) is 3.21. The summed E-state index contributed by atoms with van der Waals surface area (Å²) >= 11 is 0. The van der Waals surface area contributed by atoms with Crippen molar-refractivity contribution in [3.05, 3.63) is 23.9 Å². The second-order valence-corrected chi connectivity index (χ2v) is 4.53.